The van der Waals surface area contributed by atoms with E-state index in [0.29, 0.717) is 22.6 Å². The lowest BCUT2D eigenvalue weighted by Gasteiger charge is -2.22. The maximum atomic E-state index is 13.2. The third-order valence-corrected chi connectivity index (χ3v) is 4.97. The van der Waals surface area contributed by atoms with Gasteiger partial charge in [-0.1, -0.05) is 0 Å². The molecule has 7 nitrogen and oxygen atoms in total. The van der Waals surface area contributed by atoms with E-state index < -0.39 is 0 Å². The van der Waals surface area contributed by atoms with Crippen LogP contribution in [-0.4, -0.2) is 33.3 Å². The Hall–Kier alpha value is -3.87. The van der Waals surface area contributed by atoms with E-state index in [4.69, 9.17) is 14.2 Å². The van der Waals surface area contributed by atoms with Gasteiger partial charge in [0.2, 0.25) is 0 Å². The first-order valence-electron chi connectivity index (χ1n) is 9.44. The van der Waals surface area contributed by atoms with Gasteiger partial charge in [0.1, 0.15) is 23.4 Å². The summed E-state index contributed by atoms with van der Waals surface area (Å²) in [5, 5.41) is 9.82. The summed E-state index contributed by atoms with van der Waals surface area (Å²) in [4.78, 5) is 13.2. The number of anilines is 1. The number of ether oxygens (including phenoxy) is 3. The van der Waals surface area contributed by atoms with Gasteiger partial charge in [0.15, 0.2) is 5.78 Å². The Bertz CT molecular complexity index is 1030. The molecular weight excluding hydrogens is 382 g/mol. The Kier molecular flexibility index (Phi) is 5.34. The molecule has 0 radical (unpaired) electrons. The third-order valence-electron chi connectivity index (χ3n) is 4.97. The van der Waals surface area contributed by atoms with E-state index in [2.05, 4.69) is 16.0 Å². The second kappa shape index (κ2) is 8.24. The lowest BCUT2D eigenvalue weighted by Crippen LogP contribution is -2.37. The number of dihydropyridines is 1. The minimum atomic E-state index is -0.155. The normalized spacial score (nSPS) is 16.8. The van der Waals surface area contributed by atoms with Crippen LogP contribution in [0.25, 0.3) is 0 Å². The van der Waals surface area contributed by atoms with E-state index in [1.165, 1.54) is 0 Å². The first-order chi connectivity index (χ1) is 14.6. The molecule has 0 saturated carbocycles. The summed E-state index contributed by atoms with van der Waals surface area (Å²) < 4.78 is 15.8. The summed E-state index contributed by atoms with van der Waals surface area (Å²) in [6.45, 7) is 0. The highest BCUT2D eigenvalue weighted by atomic mass is 16.5. The first kappa shape index (κ1) is 19.4. The molecule has 0 aromatic heterocycles. The number of allylic oxidation sites excluding steroid dienone is 1. The van der Waals surface area contributed by atoms with E-state index in [1.54, 1.807) is 45.7 Å². The quantitative estimate of drug-likeness (QED) is 0.611. The third kappa shape index (κ3) is 3.82. The standard InChI is InChI=1S/C23H23N3O4/c1-28-17-6-4-15(5-7-17)26-16-10-20-21(13-25-23(20)24-12-16)22(27)14-8-18(29-2)11-19(9-14)30-3/h4-13,23-26H,1-3H3. The van der Waals surface area contributed by atoms with Gasteiger partial charge in [0, 0.05) is 40.9 Å². The lowest BCUT2D eigenvalue weighted by molar-refractivity contribution is 0.103. The van der Waals surface area contributed by atoms with Gasteiger partial charge in [-0.15, -0.1) is 0 Å². The molecule has 0 saturated heterocycles. The number of rotatable bonds is 7. The van der Waals surface area contributed by atoms with Crippen LogP contribution in [0.2, 0.25) is 0 Å². The molecule has 2 heterocycles. The summed E-state index contributed by atoms with van der Waals surface area (Å²) in [6, 6.07) is 12.8. The summed E-state index contributed by atoms with van der Waals surface area (Å²) in [7, 11) is 4.76. The average molecular weight is 405 g/mol. The predicted octanol–water partition coefficient (Wildman–Crippen LogP) is 3.19. The minimum Gasteiger partial charge on any atom is -0.497 e. The zero-order valence-electron chi connectivity index (χ0n) is 17.0. The number of carbonyl (C=O) groups is 1. The number of carbonyl (C=O) groups excluding carboxylic acids is 1. The van der Waals surface area contributed by atoms with Gasteiger partial charge in [-0.25, -0.2) is 0 Å². The molecule has 1 unspecified atom stereocenters. The van der Waals surface area contributed by atoms with Crippen LogP contribution < -0.4 is 30.2 Å². The van der Waals surface area contributed by atoms with Crippen LogP contribution in [0, 0.1) is 0 Å². The van der Waals surface area contributed by atoms with Crippen LogP contribution >= 0.6 is 0 Å². The van der Waals surface area contributed by atoms with Crippen LogP contribution in [0.5, 0.6) is 17.2 Å². The van der Waals surface area contributed by atoms with E-state index in [9.17, 15) is 4.79 Å². The number of hydrogen-bond donors (Lipinski definition) is 3. The number of Topliss-reactive ketones (excluding diaryl/α,β-unsaturated/α-hetero) is 1. The smallest absolute Gasteiger partial charge is 0.195 e. The molecule has 2 aromatic carbocycles. The van der Waals surface area contributed by atoms with E-state index >= 15 is 0 Å². The van der Waals surface area contributed by atoms with Gasteiger partial charge in [-0.3, -0.25) is 4.79 Å². The van der Waals surface area contributed by atoms with Crippen LogP contribution in [0.15, 0.2) is 77.8 Å². The van der Waals surface area contributed by atoms with Crippen LogP contribution in [0.1, 0.15) is 10.4 Å². The van der Waals surface area contributed by atoms with Gasteiger partial charge < -0.3 is 30.2 Å². The van der Waals surface area contributed by atoms with Crippen molar-refractivity contribution in [3.05, 3.63) is 83.3 Å². The molecule has 0 spiro atoms. The number of ketones is 1. The van der Waals surface area contributed by atoms with Crippen molar-refractivity contribution in [3.8, 4) is 17.2 Å². The Morgan fingerprint density at radius 2 is 1.50 bits per heavy atom. The fourth-order valence-electron chi connectivity index (χ4n) is 3.38. The number of hydrogen-bond acceptors (Lipinski definition) is 7. The van der Waals surface area contributed by atoms with Crippen molar-refractivity contribution in [3.63, 3.8) is 0 Å². The van der Waals surface area contributed by atoms with Crippen LogP contribution in [0.4, 0.5) is 5.69 Å². The van der Waals surface area contributed by atoms with Gasteiger partial charge in [-0.2, -0.15) is 0 Å². The Labute approximate surface area is 175 Å². The Morgan fingerprint density at radius 3 is 2.13 bits per heavy atom. The van der Waals surface area contributed by atoms with Crippen molar-refractivity contribution in [1.29, 1.82) is 0 Å². The highest BCUT2D eigenvalue weighted by Gasteiger charge is 2.30. The van der Waals surface area contributed by atoms with Crippen LogP contribution in [0.3, 0.4) is 0 Å². The van der Waals surface area contributed by atoms with Crippen molar-refractivity contribution < 1.29 is 19.0 Å². The molecule has 3 N–H and O–H groups in total. The summed E-state index contributed by atoms with van der Waals surface area (Å²) in [5.74, 6) is 1.82. The van der Waals surface area contributed by atoms with Crippen molar-refractivity contribution in [2.24, 2.45) is 0 Å². The van der Waals surface area contributed by atoms with E-state index in [-0.39, 0.29) is 11.9 Å². The second-order valence-corrected chi connectivity index (χ2v) is 6.81. The minimum absolute atomic E-state index is 0.110. The molecule has 154 valence electrons. The zero-order valence-corrected chi connectivity index (χ0v) is 17.0. The molecule has 0 fully saturated rings. The molecule has 7 heteroatoms. The Morgan fingerprint density at radius 1 is 0.867 bits per heavy atom. The van der Waals surface area contributed by atoms with Gasteiger partial charge in [0.05, 0.1) is 27.0 Å². The second-order valence-electron chi connectivity index (χ2n) is 6.81. The van der Waals surface area contributed by atoms with Crippen molar-refractivity contribution in [2.75, 3.05) is 26.6 Å². The fourth-order valence-corrected chi connectivity index (χ4v) is 3.38. The summed E-state index contributed by atoms with van der Waals surface area (Å²) in [6.07, 6.45) is 5.42. The molecule has 0 aliphatic carbocycles. The monoisotopic (exact) mass is 405 g/mol. The molecule has 4 rings (SSSR count). The molecule has 2 aliphatic heterocycles. The largest absolute Gasteiger partial charge is 0.497 e. The number of nitrogens with one attached hydrogen (secondary N) is 3. The summed E-state index contributed by atoms with van der Waals surface area (Å²) >= 11 is 0. The summed E-state index contributed by atoms with van der Waals surface area (Å²) in [5.41, 5.74) is 3.71. The predicted molar refractivity (Wildman–Crippen MR) is 115 cm³/mol. The van der Waals surface area contributed by atoms with Gasteiger partial charge >= 0.3 is 0 Å². The fraction of sp³-hybridized carbons (Fsp3) is 0.174. The number of fused-ring (bicyclic) bond motifs is 1. The number of benzene rings is 2. The molecule has 0 bridgehead atoms. The van der Waals surface area contributed by atoms with Crippen molar-refractivity contribution in [1.82, 2.24) is 10.6 Å². The molecular formula is C23H23N3O4. The maximum Gasteiger partial charge on any atom is 0.195 e. The topological polar surface area (TPSA) is 80.9 Å². The molecule has 2 aromatic rings. The van der Waals surface area contributed by atoms with Crippen molar-refractivity contribution in [2.45, 2.75) is 6.17 Å². The molecule has 30 heavy (non-hydrogen) atoms. The molecule has 0 amide bonds. The Balaban J connectivity index is 1.57. The van der Waals surface area contributed by atoms with Gasteiger partial charge in [-0.05, 0) is 42.5 Å². The molecule has 1 atom stereocenters. The highest BCUT2D eigenvalue weighted by Crippen LogP contribution is 2.30. The van der Waals surface area contributed by atoms with E-state index in [0.717, 1.165) is 22.7 Å². The SMILES string of the molecule is COc1ccc(NC2=CNC3NC=C(C(=O)c4cc(OC)cc(OC)c4)C3=C2)cc1. The molecule has 2 aliphatic rings. The maximum absolute atomic E-state index is 13.2. The zero-order chi connectivity index (χ0) is 21.1. The number of methoxy groups -OCH3 is 3. The first-order valence-corrected chi connectivity index (χ1v) is 9.44. The highest BCUT2D eigenvalue weighted by molar-refractivity contribution is 6.12. The van der Waals surface area contributed by atoms with Crippen molar-refractivity contribution >= 4 is 11.5 Å². The van der Waals surface area contributed by atoms with Gasteiger partial charge in [0.25, 0.3) is 0 Å². The van der Waals surface area contributed by atoms with Crippen LogP contribution in [-0.2, 0) is 0 Å². The van der Waals surface area contributed by atoms with E-state index in [1.807, 2.05) is 36.5 Å². The average Bonchev–Trinajstić information content (AvgIpc) is 3.22. The lowest BCUT2D eigenvalue weighted by atomic mass is 9.95.